The average molecular weight is 198 g/mol. The minimum absolute atomic E-state index is 0.313. The Morgan fingerprint density at radius 2 is 1.64 bits per heavy atom. The van der Waals surface area contributed by atoms with Crippen LogP contribution < -0.4 is 0 Å². The van der Waals surface area contributed by atoms with Crippen molar-refractivity contribution in [2.75, 3.05) is 0 Å². The maximum Gasteiger partial charge on any atom is 0.264 e. The molecule has 1 aliphatic carbocycles. The van der Waals surface area contributed by atoms with Gasteiger partial charge in [-0.2, -0.15) is 0 Å². The second-order valence-corrected chi connectivity index (χ2v) is 3.76. The predicted molar refractivity (Wildman–Crippen MR) is 49.4 cm³/mol. The molecule has 0 aromatic heterocycles. The summed E-state index contributed by atoms with van der Waals surface area (Å²) >= 11 is 0. The van der Waals surface area contributed by atoms with E-state index in [1.807, 2.05) is 24.3 Å². The summed E-state index contributed by atoms with van der Waals surface area (Å²) in [5, 5.41) is 9.25. The molecule has 0 spiro atoms. The van der Waals surface area contributed by atoms with Gasteiger partial charge >= 0.3 is 0 Å². The molecule has 14 heavy (non-hydrogen) atoms. The quantitative estimate of drug-likeness (QED) is 0.770. The molecular formula is C11H12F2O. The Labute approximate surface area is 81.4 Å². The molecule has 0 fully saturated rings. The summed E-state index contributed by atoms with van der Waals surface area (Å²) in [6, 6.07) is 7.67. The second-order valence-electron chi connectivity index (χ2n) is 3.76. The molecule has 0 saturated heterocycles. The van der Waals surface area contributed by atoms with Gasteiger partial charge in [-0.25, -0.2) is 8.78 Å². The summed E-state index contributed by atoms with van der Waals surface area (Å²) in [7, 11) is 0. The van der Waals surface area contributed by atoms with Crippen molar-refractivity contribution in [2.24, 2.45) is 5.92 Å². The van der Waals surface area contributed by atoms with E-state index < -0.39 is 12.5 Å². The number of hydrogen-bond acceptors (Lipinski definition) is 1. The number of aliphatic hydroxyl groups excluding tert-OH is 1. The summed E-state index contributed by atoms with van der Waals surface area (Å²) in [5.74, 6) is -0.313. The van der Waals surface area contributed by atoms with Gasteiger partial charge in [-0.3, -0.25) is 0 Å². The van der Waals surface area contributed by atoms with E-state index in [2.05, 4.69) is 0 Å². The monoisotopic (exact) mass is 198 g/mol. The lowest BCUT2D eigenvalue weighted by Gasteiger charge is -2.15. The molecule has 1 N–H and O–H groups in total. The first kappa shape index (κ1) is 9.59. The molecule has 1 unspecified atom stereocenters. The standard InChI is InChI=1S/C11H12F2O/c12-11(13)10(14)9-5-7-3-1-2-4-8(7)6-9/h1-4,9-11,14H,5-6H2. The number of benzene rings is 1. The number of halogens is 2. The van der Waals surface area contributed by atoms with Crippen molar-refractivity contribution in [1.29, 1.82) is 0 Å². The highest BCUT2D eigenvalue weighted by atomic mass is 19.3. The van der Waals surface area contributed by atoms with E-state index in [0.717, 1.165) is 11.1 Å². The van der Waals surface area contributed by atoms with Gasteiger partial charge in [0.15, 0.2) is 0 Å². The molecule has 0 amide bonds. The normalized spacial score (nSPS) is 18.6. The molecule has 2 rings (SSSR count). The highest BCUT2D eigenvalue weighted by molar-refractivity contribution is 5.32. The third-order valence-corrected chi connectivity index (χ3v) is 2.82. The van der Waals surface area contributed by atoms with Crippen molar-refractivity contribution >= 4 is 0 Å². The van der Waals surface area contributed by atoms with E-state index in [4.69, 9.17) is 0 Å². The molecule has 76 valence electrons. The number of fused-ring (bicyclic) bond motifs is 1. The molecule has 1 aromatic rings. The van der Waals surface area contributed by atoms with Crippen LogP contribution in [0.3, 0.4) is 0 Å². The van der Waals surface area contributed by atoms with Gasteiger partial charge in [-0.1, -0.05) is 24.3 Å². The molecule has 1 nitrogen and oxygen atoms in total. The summed E-state index contributed by atoms with van der Waals surface area (Å²) in [6.45, 7) is 0. The van der Waals surface area contributed by atoms with E-state index in [1.54, 1.807) is 0 Å². The molecule has 0 bridgehead atoms. The maximum atomic E-state index is 12.3. The molecule has 0 heterocycles. The third-order valence-electron chi connectivity index (χ3n) is 2.82. The van der Waals surface area contributed by atoms with Crippen LogP contribution in [0.1, 0.15) is 11.1 Å². The Kier molecular flexibility index (Phi) is 2.50. The van der Waals surface area contributed by atoms with Crippen LogP contribution in [0.25, 0.3) is 0 Å². The fraction of sp³-hybridized carbons (Fsp3) is 0.455. The van der Waals surface area contributed by atoms with Crippen LogP contribution in [-0.4, -0.2) is 17.6 Å². The SMILES string of the molecule is OC(C(F)F)C1Cc2ccccc2C1. The molecular weight excluding hydrogens is 186 g/mol. The van der Waals surface area contributed by atoms with Gasteiger partial charge in [0.2, 0.25) is 0 Å². The van der Waals surface area contributed by atoms with Gasteiger partial charge in [-0.05, 0) is 29.9 Å². The van der Waals surface area contributed by atoms with Crippen LogP contribution in [-0.2, 0) is 12.8 Å². The van der Waals surface area contributed by atoms with Crippen LogP contribution >= 0.6 is 0 Å². The van der Waals surface area contributed by atoms with Gasteiger partial charge in [0, 0.05) is 0 Å². The Bertz CT molecular complexity index is 300. The first-order valence-corrected chi connectivity index (χ1v) is 4.71. The predicted octanol–water partition coefficient (Wildman–Crippen LogP) is 2.03. The molecule has 0 aliphatic heterocycles. The number of hydrogen-bond donors (Lipinski definition) is 1. The highest BCUT2D eigenvalue weighted by Gasteiger charge is 2.32. The fourth-order valence-electron chi connectivity index (χ4n) is 2.04. The lowest BCUT2D eigenvalue weighted by molar-refractivity contribution is -0.0362. The van der Waals surface area contributed by atoms with Crippen molar-refractivity contribution in [3.63, 3.8) is 0 Å². The van der Waals surface area contributed by atoms with Crippen LogP contribution in [0.4, 0.5) is 8.78 Å². The average Bonchev–Trinajstić information content (AvgIpc) is 2.59. The van der Waals surface area contributed by atoms with Crippen LogP contribution in [0.2, 0.25) is 0 Å². The summed E-state index contributed by atoms with van der Waals surface area (Å²) < 4.78 is 24.5. The highest BCUT2D eigenvalue weighted by Crippen LogP contribution is 2.30. The Balaban J connectivity index is 2.12. The number of alkyl halides is 2. The lowest BCUT2D eigenvalue weighted by Crippen LogP contribution is -2.28. The Morgan fingerprint density at radius 3 is 2.07 bits per heavy atom. The van der Waals surface area contributed by atoms with E-state index in [1.165, 1.54) is 0 Å². The molecule has 3 heteroatoms. The summed E-state index contributed by atoms with van der Waals surface area (Å²) in [6.07, 6.45) is -2.97. The van der Waals surface area contributed by atoms with E-state index in [9.17, 15) is 13.9 Å². The topological polar surface area (TPSA) is 20.2 Å². The zero-order valence-corrected chi connectivity index (χ0v) is 7.66. The lowest BCUT2D eigenvalue weighted by atomic mass is 10.00. The van der Waals surface area contributed by atoms with Gasteiger partial charge in [0.1, 0.15) is 6.10 Å². The molecule has 0 saturated carbocycles. The minimum Gasteiger partial charge on any atom is -0.387 e. The van der Waals surface area contributed by atoms with Crippen molar-refractivity contribution < 1.29 is 13.9 Å². The van der Waals surface area contributed by atoms with Gasteiger partial charge < -0.3 is 5.11 Å². The molecule has 1 aliphatic rings. The van der Waals surface area contributed by atoms with E-state index in [0.29, 0.717) is 12.8 Å². The molecule has 1 atom stereocenters. The summed E-state index contributed by atoms with van der Waals surface area (Å²) in [5.41, 5.74) is 2.19. The molecule has 0 radical (unpaired) electrons. The number of aliphatic hydroxyl groups is 1. The van der Waals surface area contributed by atoms with Crippen molar-refractivity contribution in [1.82, 2.24) is 0 Å². The zero-order valence-electron chi connectivity index (χ0n) is 7.66. The van der Waals surface area contributed by atoms with Crippen LogP contribution in [0.5, 0.6) is 0 Å². The number of rotatable bonds is 2. The minimum atomic E-state index is -2.63. The summed E-state index contributed by atoms with van der Waals surface area (Å²) in [4.78, 5) is 0. The largest absolute Gasteiger partial charge is 0.387 e. The van der Waals surface area contributed by atoms with E-state index >= 15 is 0 Å². The Hall–Kier alpha value is -0.960. The fourth-order valence-corrected chi connectivity index (χ4v) is 2.04. The maximum absolute atomic E-state index is 12.3. The van der Waals surface area contributed by atoms with Crippen LogP contribution in [0, 0.1) is 5.92 Å². The van der Waals surface area contributed by atoms with Crippen LogP contribution in [0.15, 0.2) is 24.3 Å². The zero-order chi connectivity index (χ0) is 10.1. The Morgan fingerprint density at radius 1 is 1.14 bits per heavy atom. The van der Waals surface area contributed by atoms with Gasteiger partial charge in [0.25, 0.3) is 6.43 Å². The van der Waals surface area contributed by atoms with Gasteiger partial charge in [0.05, 0.1) is 0 Å². The first-order valence-electron chi connectivity index (χ1n) is 4.71. The second kappa shape index (κ2) is 3.65. The van der Waals surface area contributed by atoms with Crippen molar-refractivity contribution in [3.05, 3.63) is 35.4 Å². The van der Waals surface area contributed by atoms with Crippen molar-refractivity contribution in [2.45, 2.75) is 25.4 Å². The molecule has 1 aromatic carbocycles. The third kappa shape index (κ3) is 1.64. The van der Waals surface area contributed by atoms with Gasteiger partial charge in [-0.15, -0.1) is 0 Å². The smallest absolute Gasteiger partial charge is 0.264 e. The first-order chi connectivity index (χ1) is 6.68. The van der Waals surface area contributed by atoms with E-state index in [-0.39, 0.29) is 5.92 Å². The van der Waals surface area contributed by atoms with Crippen molar-refractivity contribution in [3.8, 4) is 0 Å².